The average molecular weight is 452 g/mol. The van der Waals surface area contributed by atoms with Crippen LogP contribution >= 0.6 is 0 Å². The number of carbonyl (C=O) groups excluding carboxylic acids is 1. The number of para-hydroxylation sites is 1. The molecule has 0 N–H and O–H groups in total. The second-order valence-corrected chi connectivity index (χ2v) is 9.80. The predicted molar refractivity (Wildman–Crippen MR) is 110 cm³/mol. The van der Waals surface area contributed by atoms with Crippen LogP contribution in [0.5, 0.6) is 0 Å². The fourth-order valence-corrected chi connectivity index (χ4v) is 6.07. The van der Waals surface area contributed by atoms with E-state index in [2.05, 4.69) is 0 Å². The number of carbonyl (C=O) groups is 1. The molecule has 0 bridgehead atoms. The largest absolute Gasteiger partial charge is 0.417 e. The Morgan fingerprint density at radius 2 is 1.58 bits per heavy atom. The minimum absolute atomic E-state index is 0.0143. The van der Waals surface area contributed by atoms with Gasteiger partial charge in [0.2, 0.25) is 15.9 Å². The zero-order valence-corrected chi connectivity index (χ0v) is 17.6. The molecule has 2 heterocycles. The molecule has 5 nitrogen and oxygen atoms in total. The molecular formula is C22H23F3N2O3S. The molecule has 1 amide bonds. The third-order valence-corrected chi connectivity index (χ3v) is 7.95. The number of hydrogen-bond acceptors (Lipinski definition) is 3. The maximum absolute atomic E-state index is 13.3. The summed E-state index contributed by atoms with van der Waals surface area (Å²) in [5, 5.41) is 0. The number of sulfonamides is 1. The highest BCUT2D eigenvalue weighted by atomic mass is 32.2. The average Bonchev–Trinajstić information content (AvgIpc) is 2.78. The van der Waals surface area contributed by atoms with Crippen LogP contribution in [-0.4, -0.2) is 38.3 Å². The molecule has 0 saturated carbocycles. The van der Waals surface area contributed by atoms with E-state index in [0.29, 0.717) is 6.54 Å². The molecule has 0 aliphatic carbocycles. The maximum Gasteiger partial charge on any atom is 0.417 e. The summed E-state index contributed by atoms with van der Waals surface area (Å²) >= 11 is 0. The smallest absolute Gasteiger partial charge is 0.312 e. The van der Waals surface area contributed by atoms with Crippen LogP contribution in [0.15, 0.2) is 53.4 Å². The highest BCUT2D eigenvalue weighted by molar-refractivity contribution is 7.89. The lowest BCUT2D eigenvalue weighted by Crippen LogP contribution is -2.46. The van der Waals surface area contributed by atoms with E-state index in [0.717, 1.165) is 40.5 Å². The van der Waals surface area contributed by atoms with E-state index in [4.69, 9.17) is 0 Å². The molecule has 1 saturated heterocycles. The summed E-state index contributed by atoms with van der Waals surface area (Å²) in [6.07, 6.45) is -2.42. The molecule has 0 radical (unpaired) electrons. The normalized spacial score (nSPS) is 18.6. The lowest BCUT2D eigenvalue weighted by molar-refractivity contribution is -0.139. The third kappa shape index (κ3) is 4.21. The van der Waals surface area contributed by atoms with Gasteiger partial charge in [-0.3, -0.25) is 4.79 Å². The molecule has 0 unspecified atom stereocenters. The zero-order valence-electron chi connectivity index (χ0n) is 16.8. The van der Waals surface area contributed by atoms with Crippen molar-refractivity contribution in [2.24, 2.45) is 5.92 Å². The minimum Gasteiger partial charge on any atom is -0.312 e. The first-order valence-electron chi connectivity index (χ1n) is 10.3. The number of anilines is 1. The molecule has 9 heteroatoms. The number of rotatable bonds is 3. The Balaban J connectivity index is 1.49. The Bertz CT molecular complexity index is 1080. The SMILES string of the molecule is O=C(C1CCN(S(=O)(=O)c2ccccc2C(F)(F)F)CC1)N1CCCc2ccccc21. The van der Waals surface area contributed by atoms with Crippen molar-refractivity contribution in [3.63, 3.8) is 0 Å². The number of nitrogens with zero attached hydrogens (tertiary/aromatic N) is 2. The van der Waals surface area contributed by atoms with E-state index in [1.807, 2.05) is 24.3 Å². The Labute approximate surface area is 179 Å². The summed E-state index contributed by atoms with van der Waals surface area (Å²) in [6, 6.07) is 12.0. The quantitative estimate of drug-likeness (QED) is 0.705. The van der Waals surface area contributed by atoms with Crippen LogP contribution in [0.25, 0.3) is 0 Å². The fraction of sp³-hybridized carbons (Fsp3) is 0.409. The van der Waals surface area contributed by atoms with Gasteiger partial charge >= 0.3 is 6.18 Å². The van der Waals surface area contributed by atoms with E-state index in [-0.39, 0.29) is 37.8 Å². The van der Waals surface area contributed by atoms with Gasteiger partial charge < -0.3 is 4.90 Å². The minimum atomic E-state index is -4.76. The number of halogens is 3. The van der Waals surface area contributed by atoms with Crippen molar-refractivity contribution >= 4 is 21.6 Å². The van der Waals surface area contributed by atoms with E-state index in [1.165, 1.54) is 12.1 Å². The number of amides is 1. The molecule has 1 fully saturated rings. The Morgan fingerprint density at radius 3 is 2.29 bits per heavy atom. The molecule has 0 atom stereocenters. The molecular weight excluding hydrogens is 429 g/mol. The molecule has 0 spiro atoms. The summed E-state index contributed by atoms with van der Waals surface area (Å²) in [5.74, 6) is -0.393. The highest BCUT2D eigenvalue weighted by Crippen LogP contribution is 2.36. The van der Waals surface area contributed by atoms with Gasteiger partial charge in [0.15, 0.2) is 0 Å². The molecule has 2 aromatic rings. The summed E-state index contributed by atoms with van der Waals surface area (Å²) in [5.41, 5.74) is 0.844. The monoisotopic (exact) mass is 452 g/mol. The van der Waals surface area contributed by atoms with Gasteiger partial charge in [-0.25, -0.2) is 8.42 Å². The van der Waals surface area contributed by atoms with Gasteiger partial charge in [-0.15, -0.1) is 0 Å². The Hall–Kier alpha value is -2.39. The second kappa shape index (κ2) is 8.27. The molecule has 2 aliphatic heterocycles. The first-order valence-corrected chi connectivity index (χ1v) is 11.7. The van der Waals surface area contributed by atoms with Crippen LogP contribution in [0.3, 0.4) is 0 Å². The van der Waals surface area contributed by atoms with Crippen molar-refractivity contribution in [2.75, 3.05) is 24.5 Å². The van der Waals surface area contributed by atoms with Crippen LogP contribution in [-0.2, 0) is 27.4 Å². The number of benzene rings is 2. The van der Waals surface area contributed by atoms with Crippen LogP contribution in [0.2, 0.25) is 0 Å². The summed E-state index contributed by atoms with van der Waals surface area (Å²) in [6.45, 7) is 0.647. The number of alkyl halides is 3. The number of hydrogen-bond donors (Lipinski definition) is 0. The molecule has 166 valence electrons. The van der Waals surface area contributed by atoms with E-state index < -0.39 is 26.7 Å². The lowest BCUT2D eigenvalue weighted by atomic mass is 9.94. The first kappa shape index (κ1) is 21.8. The summed E-state index contributed by atoms with van der Waals surface area (Å²) in [4.78, 5) is 14.2. The maximum atomic E-state index is 13.3. The van der Waals surface area contributed by atoms with E-state index in [1.54, 1.807) is 4.90 Å². The van der Waals surface area contributed by atoms with Crippen LogP contribution in [0.1, 0.15) is 30.4 Å². The van der Waals surface area contributed by atoms with Crippen molar-refractivity contribution in [3.8, 4) is 0 Å². The highest BCUT2D eigenvalue weighted by Gasteiger charge is 2.40. The topological polar surface area (TPSA) is 57.7 Å². The number of aryl methyl sites for hydroxylation is 1. The Morgan fingerprint density at radius 1 is 0.935 bits per heavy atom. The summed E-state index contributed by atoms with van der Waals surface area (Å²) < 4.78 is 66.8. The van der Waals surface area contributed by atoms with Gasteiger partial charge in [-0.05, 0) is 49.4 Å². The van der Waals surface area contributed by atoms with Crippen LogP contribution in [0, 0.1) is 5.92 Å². The molecule has 31 heavy (non-hydrogen) atoms. The summed E-state index contributed by atoms with van der Waals surface area (Å²) in [7, 11) is -4.31. The van der Waals surface area contributed by atoms with E-state index >= 15 is 0 Å². The van der Waals surface area contributed by atoms with Crippen molar-refractivity contribution in [1.82, 2.24) is 4.31 Å². The van der Waals surface area contributed by atoms with Crippen LogP contribution < -0.4 is 4.90 Å². The van der Waals surface area contributed by atoms with Crippen LogP contribution in [0.4, 0.5) is 18.9 Å². The van der Waals surface area contributed by atoms with Crippen molar-refractivity contribution < 1.29 is 26.4 Å². The number of piperidine rings is 1. The fourth-order valence-electron chi connectivity index (χ4n) is 4.39. The van der Waals surface area contributed by atoms with Crippen molar-refractivity contribution in [2.45, 2.75) is 36.8 Å². The van der Waals surface area contributed by atoms with E-state index in [9.17, 15) is 26.4 Å². The van der Waals surface area contributed by atoms with Gasteiger partial charge in [0, 0.05) is 31.2 Å². The van der Waals surface area contributed by atoms with Gasteiger partial charge in [-0.2, -0.15) is 17.5 Å². The number of fused-ring (bicyclic) bond motifs is 1. The van der Waals surface area contributed by atoms with Crippen molar-refractivity contribution in [1.29, 1.82) is 0 Å². The Kier molecular flexibility index (Phi) is 5.83. The molecule has 2 aromatic carbocycles. The zero-order chi connectivity index (χ0) is 22.2. The molecule has 4 rings (SSSR count). The molecule has 0 aromatic heterocycles. The predicted octanol–water partition coefficient (Wildman–Crippen LogP) is 4.09. The van der Waals surface area contributed by atoms with Crippen molar-refractivity contribution in [3.05, 3.63) is 59.7 Å². The lowest BCUT2D eigenvalue weighted by Gasteiger charge is -2.36. The second-order valence-electron chi connectivity index (χ2n) is 7.89. The third-order valence-electron chi connectivity index (χ3n) is 5.99. The van der Waals surface area contributed by atoms with Gasteiger partial charge in [0.1, 0.15) is 0 Å². The van der Waals surface area contributed by atoms with Gasteiger partial charge in [0.05, 0.1) is 10.5 Å². The van der Waals surface area contributed by atoms with Gasteiger partial charge in [-0.1, -0.05) is 30.3 Å². The van der Waals surface area contributed by atoms with Gasteiger partial charge in [0.25, 0.3) is 0 Å². The molecule has 2 aliphatic rings. The standard InChI is InChI=1S/C22H23F3N2O3S/c23-22(24,25)18-8-2-4-10-20(18)31(29,30)26-14-11-17(12-15-26)21(28)27-13-5-7-16-6-1-3-9-19(16)27/h1-4,6,8-10,17H,5,7,11-15H2. The first-order chi connectivity index (χ1) is 14.7.